The number of rotatable bonds is 6. The molecule has 1 aromatic rings. The standard InChI is InChI=1S/C16H20FNO2S/c1-3-21-10-8-12(2)18-16(20)14-7-6-13(5-4-9-19)15(17)11-14/h6-7,11-12,19H,3,8-10H2,1-2H3,(H,18,20). The van der Waals surface area contributed by atoms with Crippen molar-refractivity contribution in [3.63, 3.8) is 0 Å². The zero-order valence-electron chi connectivity index (χ0n) is 12.3. The molecule has 1 atom stereocenters. The Labute approximate surface area is 129 Å². The van der Waals surface area contributed by atoms with Gasteiger partial charge in [0.05, 0.1) is 5.56 Å². The second-order valence-corrected chi connectivity index (χ2v) is 5.91. The van der Waals surface area contributed by atoms with Gasteiger partial charge in [-0.3, -0.25) is 4.79 Å². The van der Waals surface area contributed by atoms with Crippen molar-refractivity contribution in [3.05, 3.63) is 35.1 Å². The molecule has 0 saturated carbocycles. The first-order valence-electron chi connectivity index (χ1n) is 6.86. The number of carbonyl (C=O) groups is 1. The summed E-state index contributed by atoms with van der Waals surface area (Å²) in [6.45, 7) is 3.71. The van der Waals surface area contributed by atoms with Crippen molar-refractivity contribution in [1.82, 2.24) is 5.32 Å². The van der Waals surface area contributed by atoms with Crippen LogP contribution in [0.2, 0.25) is 0 Å². The lowest BCUT2D eigenvalue weighted by molar-refractivity contribution is 0.0939. The highest BCUT2D eigenvalue weighted by Gasteiger charge is 2.11. The van der Waals surface area contributed by atoms with Gasteiger partial charge in [0.2, 0.25) is 0 Å². The van der Waals surface area contributed by atoms with Gasteiger partial charge in [0.1, 0.15) is 12.4 Å². The first-order chi connectivity index (χ1) is 10.1. The van der Waals surface area contributed by atoms with Gasteiger partial charge < -0.3 is 10.4 Å². The van der Waals surface area contributed by atoms with E-state index in [9.17, 15) is 9.18 Å². The molecule has 0 fully saturated rings. The Balaban J connectivity index is 2.64. The van der Waals surface area contributed by atoms with E-state index in [1.54, 1.807) is 0 Å². The Morgan fingerprint density at radius 1 is 1.52 bits per heavy atom. The highest BCUT2D eigenvalue weighted by molar-refractivity contribution is 7.99. The van der Waals surface area contributed by atoms with Gasteiger partial charge in [-0.25, -0.2) is 4.39 Å². The van der Waals surface area contributed by atoms with Gasteiger partial charge in [-0.15, -0.1) is 0 Å². The summed E-state index contributed by atoms with van der Waals surface area (Å²) in [6, 6.07) is 4.20. The number of thioether (sulfide) groups is 1. The number of amides is 1. The predicted octanol–water partition coefficient (Wildman–Crippen LogP) is 2.43. The minimum atomic E-state index is -0.558. The van der Waals surface area contributed by atoms with Crippen molar-refractivity contribution < 1.29 is 14.3 Å². The second-order valence-electron chi connectivity index (χ2n) is 4.51. The summed E-state index contributed by atoms with van der Waals surface area (Å²) in [4.78, 5) is 12.0. The van der Waals surface area contributed by atoms with Crippen molar-refractivity contribution in [1.29, 1.82) is 0 Å². The zero-order valence-corrected chi connectivity index (χ0v) is 13.1. The quantitative estimate of drug-likeness (QED) is 0.627. The van der Waals surface area contributed by atoms with Gasteiger partial charge in [0, 0.05) is 11.6 Å². The van der Waals surface area contributed by atoms with Gasteiger partial charge in [0.15, 0.2) is 0 Å². The Morgan fingerprint density at radius 2 is 2.29 bits per heavy atom. The maximum atomic E-state index is 13.8. The highest BCUT2D eigenvalue weighted by Crippen LogP contribution is 2.10. The van der Waals surface area contributed by atoms with Crippen molar-refractivity contribution >= 4 is 17.7 Å². The summed E-state index contributed by atoms with van der Waals surface area (Å²) < 4.78 is 13.8. The van der Waals surface area contributed by atoms with E-state index in [1.165, 1.54) is 18.2 Å². The Kier molecular flexibility index (Phi) is 7.88. The minimum Gasteiger partial charge on any atom is -0.384 e. The monoisotopic (exact) mass is 309 g/mol. The molecule has 0 heterocycles. The average molecular weight is 309 g/mol. The summed E-state index contributed by atoms with van der Waals surface area (Å²) in [6.07, 6.45) is 0.882. The molecule has 1 amide bonds. The third kappa shape index (κ3) is 6.19. The number of hydrogen-bond acceptors (Lipinski definition) is 3. The zero-order chi connectivity index (χ0) is 15.7. The summed E-state index contributed by atoms with van der Waals surface area (Å²) in [5.41, 5.74) is 0.449. The molecular formula is C16H20FNO2S. The van der Waals surface area contributed by atoms with Gasteiger partial charge in [-0.05, 0) is 43.0 Å². The van der Waals surface area contributed by atoms with E-state index in [1.807, 2.05) is 18.7 Å². The number of carbonyl (C=O) groups excluding carboxylic acids is 1. The van der Waals surface area contributed by atoms with E-state index >= 15 is 0 Å². The summed E-state index contributed by atoms with van der Waals surface area (Å²) in [5.74, 6) is 6.07. The van der Waals surface area contributed by atoms with Crippen LogP contribution in [-0.4, -0.2) is 35.2 Å². The second kappa shape index (κ2) is 9.43. The van der Waals surface area contributed by atoms with Crippen LogP contribution in [0.15, 0.2) is 18.2 Å². The maximum Gasteiger partial charge on any atom is 0.251 e. The topological polar surface area (TPSA) is 49.3 Å². The van der Waals surface area contributed by atoms with Gasteiger partial charge in [0.25, 0.3) is 5.91 Å². The fraction of sp³-hybridized carbons (Fsp3) is 0.438. The van der Waals surface area contributed by atoms with Gasteiger partial charge in [-0.2, -0.15) is 11.8 Å². The lowest BCUT2D eigenvalue weighted by Crippen LogP contribution is -2.33. The molecule has 3 nitrogen and oxygen atoms in total. The summed E-state index contributed by atoms with van der Waals surface area (Å²) in [5, 5.41) is 11.4. The Hall–Kier alpha value is -1.51. The fourth-order valence-corrected chi connectivity index (χ4v) is 2.49. The van der Waals surface area contributed by atoms with Crippen molar-refractivity contribution in [2.45, 2.75) is 26.3 Å². The number of halogens is 1. The lowest BCUT2D eigenvalue weighted by Gasteiger charge is -2.13. The summed E-state index contributed by atoms with van der Waals surface area (Å²) >= 11 is 1.82. The van der Waals surface area contributed by atoms with E-state index in [0.29, 0.717) is 0 Å². The molecule has 21 heavy (non-hydrogen) atoms. The van der Waals surface area contributed by atoms with Crippen LogP contribution in [0.5, 0.6) is 0 Å². The average Bonchev–Trinajstić information content (AvgIpc) is 2.46. The number of hydrogen-bond donors (Lipinski definition) is 2. The molecule has 0 bridgehead atoms. The maximum absolute atomic E-state index is 13.8. The van der Waals surface area contributed by atoms with Crippen LogP contribution in [0.25, 0.3) is 0 Å². The molecule has 0 spiro atoms. The largest absolute Gasteiger partial charge is 0.384 e. The molecule has 1 rings (SSSR count). The molecule has 0 aliphatic heterocycles. The van der Waals surface area contributed by atoms with Crippen LogP contribution in [0.4, 0.5) is 4.39 Å². The van der Waals surface area contributed by atoms with Crippen LogP contribution in [0, 0.1) is 17.7 Å². The van der Waals surface area contributed by atoms with Crippen molar-refractivity contribution in [3.8, 4) is 11.8 Å². The van der Waals surface area contributed by atoms with Gasteiger partial charge in [-0.1, -0.05) is 18.8 Å². The van der Waals surface area contributed by atoms with E-state index < -0.39 is 5.82 Å². The molecule has 0 saturated heterocycles. The third-order valence-corrected chi connectivity index (χ3v) is 3.74. The molecule has 1 aromatic carbocycles. The van der Waals surface area contributed by atoms with Crippen LogP contribution in [-0.2, 0) is 0 Å². The van der Waals surface area contributed by atoms with E-state index in [4.69, 9.17) is 5.11 Å². The highest BCUT2D eigenvalue weighted by atomic mass is 32.2. The van der Waals surface area contributed by atoms with Crippen LogP contribution < -0.4 is 5.32 Å². The van der Waals surface area contributed by atoms with Crippen molar-refractivity contribution in [2.24, 2.45) is 0 Å². The van der Waals surface area contributed by atoms with Crippen LogP contribution >= 0.6 is 11.8 Å². The lowest BCUT2D eigenvalue weighted by atomic mass is 10.1. The SMILES string of the molecule is CCSCCC(C)NC(=O)c1ccc(C#CCO)c(F)c1. The Morgan fingerprint density at radius 3 is 2.90 bits per heavy atom. The molecule has 0 aromatic heterocycles. The summed E-state index contributed by atoms with van der Waals surface area (Å²) in [7, 11) is 0. The van der Waals surface area contributed by atoms with E-state index in [-0.39, 0.29) is 29.7 Å². The smallest absolute Gasteiger partial charge is 0.251 e. The molecule has 0 aliphatic rings. The van der Waals surface area contributed by atoms with E-state index in [0.717, 1.165) is 17.9 Å². The molecular weight excluding hydrogens is 289 g/mol. The minimum absolute atomic E-state index is 0.0495. The van der Waals surface area contributed by atoms with Crippen LogP contribution in [0.1, 0.15) is 36.2 Å². The molecule has 5 heteroatoms. The van der Waals surface area contributed by atoms with Crippen LogP contribution in [0.3, 0.4) is 0 Å². The van der Waals surface area contributed by atoms with E-state index in [2.05, 4.69) is 24.1 Å². The third-order valence-electron chi connectivity index (χ3n) is 2.81. The predicted molar refractivity (Wildman–Crippen MR) is 84.9 cm³/mol. The normalized spacial score (nSPS) is 11.4. The van der Waals surface area contributed by atoms with Gasteiger partial charge >= 0.3 is 0 Å². The number of benzene rings is 1. The molecule has 0 radical (unpaired) electrons. The number of aliphatic hydroxyl groups is 1. The Bertz CT molecular complexity index is 537. The molecule has 0 aliphatic carbocycles. The molecule has 2 N–H and O–H groups in total. The first kappa shape index (κ1) is 17.5. The molecule has 114 valence electrons. The number of nitrogens with one attached hydrogen (secondary N) is 1. The first-order valence-corrected chi connectivity index (χ1v) is 8.01. The fourth-order valence-electron chi connectivity index (χ4n) is 1.68. The molecule has 1 unspecified atom stereocenters. The number of aliphatic hydroxyl groups excluding tert-OH is 1. The van der Waals surface area contributed by atoms with Crippen molar-refractivity contribution in [2.75, 3.05) is 18.1 Å².